The van der Waals surface area contributed by atoms with E-state index in [4.69, 9.17) is 5.73 Å². The first kappa shape index (κ1) is 11.4. The number of nitrogens with zero attached hydrogens (tertiary/aromatic N) is 3. The number of carbonyl (C=O) groups excluding carboxylic acids is 2. The Morgan fingerprint density at radius 1 is 1.53 bits per heavy atom. The van der Waals surface area contributed by atoms with Gasteiger partial charge in [-0.25, -0.2) is 4.63 Å². The molecule has 2 rings (SSSR count). The van der Waals surface area contributed by atoms with Crippen LogP contribution in [0.15, 0.2) is 4.63 Å². The molecule has 0 spiro atoms. The van der Waals surface area contributed by atoms with Crippen molar-refractivity contribution in [3.8, 4) is 0 Å². The monoisotopic (exact) mass is 239 g/mol. The van der Waals surface area contributed by atoms with Gasteiger partial charge in [0.15, 0.2) is 0 Å². The Bertz CT molecular complexity index is 467. The predicted octanol–water partition coefficient (Wildman–Crippen LogP) is -0.998. The number of nitrogen functional groups attached to an aromatic ring is 1. The lowest BCUT2D eigenvalue weighted by molar-refractivity contribution is -0.133. The number of hydrogen-bond donors (Lipinski definition) is 2. The number of nitrogens with two attached hydrogens (primary N) is 1. The lowest BCUT2D eigenvalue weighted by Gasteiger charge is -2.40. The summed E-state index contributed by atoms with van der Waals surface area (Å²) in [6.45, 7) is 4.11. The van der Waals surface area contributed by atoms with Crippen molar-refractivity contribution in [2.45, 2.75) is 19.4 Å². The Morgan fingerprint density at radius 2 is 2.24 bits per heavy atom. The molecule has 1 aliphatic rings. The minimum atomic E-state index is -0.944. The number of amides is 2. The van der Waals surface area contributed by atoms with Gasteiger partial charge in [-0.3, -0.25) is 9.59 Å². The molecule has 0 aromatic carbocycles. The Labute approximate surface area is 97.1 Å². The third-order valence-corrected chi connectivity index (χ3v) is 2.81. The summed E-state index contributed by atoms with van der Waals surface area (Å²) in [6, 6.07) is 0. The molecule has 2 amide bonds. The fraction of sp³-hybridized carbons (Fsp3) is 0.556. The molecule has 92 valence electrons. The molecule has 3 N–H and O–H groups in total. The van der Waals surface area contributed by atoms with E-state index in [2.05, 4.69) is 20.3 Å². The van der Waals surface area contributed by atoms with Crippen molar-refractivity contribution in [3.63, 3.8) is 0 Å². The van der Waals surface area contributed by atoms with Crippen molar-refractivity contribution in [3.05, 3.63) is 5.69 Å². The zero-order chi connectivity index (χ0) is 12.6. The van der Waals surface area contributed by atoms with E-state index in [1.165, 1.54) is 4.90 Å². The molecule has 0 unspecified atom stereocenters. The second-order valence-electron chi connectivity index (χ2n) is 4.27. The Hall–Kier alpha value is -2.12. The number of aromatic nitrogens is 2. The molecule has 1 aromatic heterocycles. The smallest absolute Gasteiger partial charge is 0.280 e. The second-order valence-corrected chi connectivity index (χ2v) is 4.27. The third-order valence-electron chi connectivity index (χ3n) is 2.81. The van der Waals surface area contributed by atoms with E-state index in [1.54, 1.807) is 13.8 Å². The largest absolute Gasteiger partial charge is 0.379 e. The molecule has 0 atom stereocenters. The molecule has 8 nitrogen and oxygen atoms in total. The Morgan fingerprint density at radius 3 is 2.82 bits per heavy atom. The van der Waals surface area contributed by atoms with E-state index >= 15 is 0 Å². The molecular weight excluding hydrogens is 226 g/mol. The summed E-state index contributed by atoms with van der Waals surface area (Å²) in [6.07, 6.45) is 0. The van der Waals surface area contributed by atoms with Crippen LogP contribution in [0.25, 0.3) is 0 Å². The zero-order valence-electron chi connectivity index (χ0n) is 9.56. The highest BCUT2D eigenvalue weighted by Crippen LogP contribution is 2.21. The van der Waals surface area contributed by atoms with Gasteiger partial charge in [0, 0.05) is 13.1 Å². The summed E-state index contributed by atoms with van der Waals surface area (Å²) >= 11 is 0. The number of hydrogen-bond acceptors (Lipinski definition) is 6. The van der Waals surface area contributed by atoms with Gasteiger partial charge < -0.3 is 16.0 Å². The van der Waals surface area contributed by atoms with Crippen molar-refractivity contribution in [1.29, 1.82) is 0 Å². The first-order valence-electron chi connectivity index (χ1n) is 5.13. The predicted molar refractivity (Wildman–Crippen MR) is 56.8 cm³/mol. The zero-order valence-corrected chi connectivity index (χ0v) is 9.56. The maximum atomic E-state index is 12.1. The molecule has 17 heavy (non-hydrogen) atoms. The van der Waals surface area contributed by atoms with Gasteiger partial charge in [-0.05, 0) is 24.2 Å². The Balaban J connectivity index is 2.31. The summed E-state index contributed by atoms with van der Waals surface area (Å²) in [4.78, 5) is 25.2. The van der Waals surface area contributed by atoms with Gasteiger partial charge in [0.05, 0.1) is 0 Å². The molecule has 1 saturated heterocycles. The van der Waals surface area contributed by atoms with Crippen LogP contribution in [-0.2, 0) is 4.79 Å². The molecule has 1 aromatic rings. The summed E-state index contributed by atoms with van der Waals surface area (Å²) in [5, 5.41) is 9.48. The highest BCUT2D eigenvalue weighted by Gasteiger charge is 2.42. The van der Waals surface area contributed by atoms with Crippen LogP contribution in [0, 0.1) is 0 Å². The van der Waals surface area contributed by atoms with E-state index in [0.29, 0.717) is 13.1 Å². The average Bonchev–Trinajstić information content (AvgIpc) is 2.68. The van der Waals surface area contributed by atoms with Gasteiger partial charge in [-0.2, -0.15) is 0 Å². The maximum absolute atomic E-state index is 12.1. The minimum absolute atomic E-state index is 0.0622. The van der Waals surface area contributed by atoms with Crippen LogP contribution < -0.4 is 11.1 Å². The van der Waals surface area contributed by atoms with Crippen molar-refractivity contribution < 1.29 is 14.2 Å². The van der Waals surface area contributed by atoms with Crippen molar-refractivity contribution in [1.82, 2.24) is 20.5 Å². The van der Waals surface area contributed by atoms with Gasteiger partial charge in [0.25, 0.3) is 5.91 Å². The number of piperazine rings is 1. The molecular formula is C9H13N5O3. The summed E-state index contributed by atoms with van der Waals surface area (Å²) in [5.41, 5.74) is 4.45. The Kier molecular flexibility index (Phi) is 2.49. The molecule has 8 heteroatoms. The lowest BCUT2D eigenvalue weighted by Crippen LogP contribution is -2.63. The van der Waals surface area contributed by atoms with Crippen molar-refractivity contribution in [2.24, 2.45) is 0 Å². The van der Waals surface area contributed by atoms with Crippen molar-refractivity contribution in [2.75, 3.05) is 18.8 Å². The third kappa shape index (κ3) is 1.71. The maximum Gasteiger partial charge on any atom is 0.280 e. The van der Waals surface area contributed by atoms with Crippen LogP contribution in [-0.4, -0.2) is 45.7 Å². The molecule has 2 heterocycles. The minimum Gasteiger partial charge on any atom is -0.379 e. The standard InChI is InChI=1S/C9H13N5O3/c1-9(2)8(16)11-3-4-14(9)7(15)5-6(10)13-17-12-5/h3-4H2,1-2H3,(H2,10,13)(H,11,16). The quantitative estimate of drug-likeness (QED) is 0.649. The normalized spacial score (nSPS) is 18.9. The van der Waals surface area contributed by atoms with E-state index in [0.717, 1.165) is 0 Å². The van der Waals surface area contributed by atoms with Crippen LogP contribution >= 0.6 is 0 Å². The van der Waals surface area contributed by atoms with E-state index < -0.39 is 11.4 Å². The summed E-state index contributed by atoms with van der Waals surface area (Å²) in [7, 11) is 0. The van der Waals surface area contributed by atoms with Crippen LogP contribution in [0.5, 0.6) is 0 Å². The SMILES string of the molecule is CC1(C)C(=O)NCCN1C(=O)c1nonc1N. The van der Waals surface area contributed by atoms with Crippen LogP contribution in [0.1, 0.15) is 24.3 Å². The molecule has 0 radical (unpaired) electrons. The number of nitrogens with one attached hydrogen (secondary N) is 1. The van der Waals surface area contributed by atoms with Crippen LogP contribution in [0.2, 0.25) is 0 Å². The van der Waals surface area contributed by atoms with E-state index in [9.17, 15) is 9.59 Å². The van der Waals surface area contributed by atoms with Gasteiger partial charge >= 0.3 is 0 Å². The number of carbonyl (C=O) groups is 2. The molecule has 0 aliphatic carbocycles. The highest BCUT2D eigenvalue weighted by molar-refractivity contribution is 6.00. The molecule has 0 saturated carbocycles. The van der Waals surface area contributed by atoms with Gasteiger partial charge in [-0.15, -0.1) is 0 Å². The van der Waals surface area contributed by atoms with Crippen LogP contribution in [0.4, 0.5) is 5.82 Å². The highest BCUT2D eigenvalue weighted by atomic mass is 16.6. The molecule has 1 aliphatic heterocycles. The molecule has 0 bridgehead atoms. The van der Waals surface area contributed by atoms with E-state index in [1.807, 2.05) is 0 Å². The second kappa shape index (κ2) is 3.72. The van der Waals surface area contributed by atoms with Crippen molar-refractivity contribution >= 4 is 17.6 Å². The first-order valence-corrected chi connectivity index (χ1v) is 5.13. The fourth-order valence-corrected chi connectivity index (χ4v) is 1.73. The van der Waals surface area contributed by atoms with Gasteiger partial charge in [0.2, 0.25) is 17.4 Å². The number of anilines is 1. The number of rotatable bonds is 1. The van der Waals surface area contributed by atoms with Gasteiger partial charge in [-0.1, -0.05) is 0 Å². The fourth-order valence-electron chi connectivity index (χ4n) is 1.73. The first-order chi connectivity index (χ1) is 7.94. The van der Waals surface area contributed by atoms with Crippen LogP contribution in [0.3, 0.4) is 0 Å². The lowest BCUT2D eigenvalue weighted by atomic mass is 9.98. The van der Waals surface area contributed by atoms with E-state index in [-0.39, 0.29) is 17.4 Å². The molecule has 1 fully saturated rings. The average molecular weight is 239 g/mol. The van der Waals surface area contributed by atoms with Gasteiger partial charge in [0.1, 0.15) is 5.54 Å². The topological polar surface area (TPSA) is 114 Å². The summed E-state index contributed by atoms with van der Waals surface area (Å²) < 4.78 is 4.38. The summed E-state index contributed by atoms with van der Waals surface area (Å²) in [5.74, 6) is -0.743.